The average molecular weight is 367 g/mol. The van der Waals surface area contributed by atoms with Crippen LogP contribution in [0.5, 0.6) is 5.75 Å². The van der Waals surface area contributed by atoms with Crippen LogP contribution in [0.15, 0.2) is 17.0 Å². The van der Waals surface area contributed by atoms with Gasteiger partial charge in [-0.1, -0.05) is 29.6 Å². The molecular weight excluding hydrogens is 347 g/mol. The first-order valence-corrected chi connectivity index (χ1v) is 9.29. The summed E-state index contributed by atoms with van der Waals surface area (Å²) in [4.78, 5) is -0.00693. The van der Waals surface area contributed by atoms with Gasteiger partial charge in [0, 0.05) is 24.7 Å². The van der Waals surface area contributed by atoms with Crippen molar-refractivity contribution in [3.8, 4) is 5.75 Å². The Morgan fingerprint density at radius 3 is 2.59 bits per heavy atom. The van der Waals surface area contributed by atoms with E-state index in [9.17, 15) is 8.42 Å². The van der Waals surface area contributed by atoms with Crippen LogP contribution in [0.2, 0.25) is 10.0 Å². The molecule has 0 radical (unpaired) electrons. The summed E-state index contributed by atoms with van der Waals surface area (Å²) in [5.74, 6) is 0.341. The van der Waals surface area contributed by atoms with Crippen LogP contribution in [0, 0.1) is 0 Å². The molecule has 0 amide bonds. The lowest BCUT2D eigenvalue weighted by Crippen LogP contribution is -2.51. The van der Waals surface area contributed by atoms with E-state index in [-0.39, 0.29) is 27.0 Å². The van der Waals surface area contributed by atoms with Gasteiger partial charge in [-0.15, -0.1) is 0 Å². The van der Waals surface area contributed by atoms with Gasteiger partial charge in [-0.3, -0.25) is 0 Å². The molecule has 0 spiro atoms. The normalized spacial score (nSPS) is 21.6. The summed E-state index contributed by atoms with van der Waals surface area (Å²) in [7, 11) is -2.31. The maximum Gasteiger partial charge on any atom is 0.244 e. The quantitative estimate of drug-likeness (QED) is 0.888. The number of piperidine rings is 1. The monoisotopic (exact) mass is 366 g/mol. The van der Waals surface area contributed by atoms with Gasteiger partial charge in [-0.2, -0.15) is 4.31 Å². The van der Waals surface area contributed by atoms with Gasteiger partial charge in [0.05, 0.1) is 17.2 Å². The highest BCUT2D eigenvalue weighted by Gasteiger charge is 2.36. The second kappa shape index (κ2) is 6.93. The van der Waals surface area contributed by atoms with Crippen molar-refractivity contribution in [2.24, 2.45) is 5.73 Å². The first-order valence-electron chi connectivity index (χ1n) is 7.09. The molecular formula is C14H20Cl2N2O3S. The number of benzene rings is 1. The third-order valence-corrected chi connectivity index (χ3v) is 6.58. The summed E-state index contributed by atoms with van der Waals surface area (Å²) in [5.41, 5.74) is 5.96. The zero-order valence-corrected chi connectivity index (χ0v) is 14.9. The number of sulfonamides is 1. The molecule has 1 saturated heterocycles. The Hall–Kier alpha value is -0.530. The fourth-order valence-corrected chi connectivity index (χ4v) is 5.35. The van der Waals surface area contributed by atoms with Crippen LogP contribution in [0.4, 0.5) is 0 Å². The topological polar surface area (TPSA) is 72.6 Å². The Labute approximate surface area is 141 Å². The summed E-state index contributed by atoms with van der Waals surface area (Å²) in [6.07, 6.45) is 2.53. The molecule has 1 fully saturated rings. The number of hydrogen-bond donors (Lipinski definition) is 1. The van der Waals surface area contributed by atoms with Crippen molar-refractivity contribution < 1.29 is 13.2 Å². The molecule has 1 aromatic carbocycles. The molecule has 5 nitrogen and oxygen atoms in total. The molecule has 2 rings (SSSR count). The van der Waals surface area contributed by atoms with Gasteiger partial charge in [0.2, 0.25) is 10.0 Å². The van der Waals surface area contributed by atoms with Crippen molar-refractivity contribution in [1.82, 2.24) is 4.31 Å². The van der Waals surface area contributed by atoms with E-state index in [4.69, 9.17) is 33.7 Å². The van der Waals surface area contributed by atoms with E-state index >= 15 is 0 Å². The van der Waals surface area contributed by atoms with E-state index in [0.29, 0.717) is 12.3 Å². The zero-order chi connectivity index (χ0) is 16.5. The zero-order valence-electron chi connectivity index (χ0n) is 12.6. The lowest BCUT2D eigenvalue weighted by molar-refractivity contribution is 0.227. The summed E-state index contributed by atoms with van der Waals surface area (Å²) < 4.78 is 32.4. The van der Waals surface area contributed by atoms with Crippen molar-refractivity contribution in [3.63, 3.8) is 0 Å². The molecule has 8 heteroatoms. The van der Waals surface area contributed by atoms with Crippen LogP contribution in [0.1, 0.15) is 26.2 Å². The van der Waals surface area contributed by atoms with Crippen molar-refractivity contribution in [1.29, 1.82) is 0 Å². The Balaban J connectivity index is 2.47. The van der Waals surface area contributed by atoms with Crippen LogP contribution >= 0.6 is 23.2 Å². The number of nitrogens with two attached hydrogens (primary N) is 1. The predicted octanol–water partition coefficient (Wildman–Crippen LogP) is 2.89. The van der Waals surface area contributed by atoms with E-state index in [1.807, 2.05) is 6.92 Å². The molecule has 1 heterocycles. The molecule has 2 unspecified atom stereocenters. The molecule has 0 aromatic heterocycles. The summed E-state index contributed by atoms with van der Waals surface area (Å²) in [6, 6.07) is 2.28. The predicted molar refractivity (Wildman–Crippen MR) is 88.2 cm³/mol. The third kappa shape index (κ3) is 3.36. The second-order valence-corrected chi connectivity index (χ2v) is 8.13. The molecule has 2 N–H and O–H groups in total. The Morgan fingerprint density at radius 2 is 2.00 bits per heavy atom. The summed E-state index contributed by atoms with van der Waals surface area (Å²) in [5, 5.41) is 0.301. The van der Waals surface area contributed by atoms with E-state index in [0.717, 1.165) is 19.3 Å². The Morgan fingerprint density at radius 1 is 1.32 bits per heavy atom. The van der Waals surface area contributed by atoms with Gasteiger partial charge in [0.15, 0.2) is 0 Å². The molecule has 0 aliphatic carbocycles. The van der Waals surface area contributed by atoms with E-state index in [1.54, 1.807) is 0 Å². The molecule has 22 heavy (non-hydrogen) atoms. The number of nitrogens with zero attached hydrogens (tertiary/aromatic N) is 1. The van der Waals surface area contributed by atoms with Gasteiger partial charge in [0.1, 0.15) is 10.6 Å². The molecule has 1 aliphatic rings. The number of rotatable bonds is 4. The van der Waals surface area contributed by atoms with E-state index < -0.39 is 10.0 Å². The van der Waals surface area contributed by atoms with Crippen LogP contribution in [0.25, 0.3) is 0 Å². The highest BCUT2D eigenvalue weighted by molar-refractivity contribution is 7.89. The van der Waals surface area contributed by atoms with E-state index in [2.05, 4.69) is 0 Å². The van der Waals surface area contributed by atoms with Gasteiger partial charge in [0.25, 0.3) is 0 Å². The first kappa shape index (κ1) is 17.8. The van der Waals surface area contributed by atoms with E-state index in [1.165, 1.54) is 23.5 Å². The lowest BCUT2D eigenvalue weighted by atomic mass is 10.00. The van der Waals surface area contributed by atoms with Crippen LogP contribution in [-0.2, 0) is 10.0 Å². The fraction of sp³-hybridized carbons (Fsp3) is 0.571. The number of halogens is 2. The standard InChI is InChI=1S/C14H20Cl2N2O3S/c1-9(17)12-5-3-4-6-18(12)22(19,20)14-8-10(15)13(21-2)7-11(14)16/h7-9,12H,3-6,17H2,1-2H3. The highest BCUT2D eigenvalue weighted by atomic mass is 35.5. The first-order chi connectivity index (χ1) is 10.3. The number of hydrogen-bond acceptors (Lipinski definition) is 4. The smallest absolute Gasteiger partial charge is 0.244 e. The van der Waals surface area contributed by atoms with Crippen LogP contribution in [-0.4, -0.2) is 38.5 Å². The fourth-order valence-electron chi connectivity index (χ4n) is 2.75. The summed E-state index contributed by atoms with van der Waals surface area (Å²) in [6.45, 7) is 2.26. The Bertz CT molecular complexity index is 650. The third-order valence-electron chi connectivity index (χ3n) is 3.90. The summed E-state index contributed by atoms with van der Waals surface area (Å²) >= 11 is 12.2. The molecule has 1 aliphatic heterocycles. The molecule has 0 saturated carbocycles. The van der Waals surface area contributed by atoms with Crippen molar-refractivity contribution >= 4 is 33.2 Å². The maximum atomic E-state index is 13.0. The van der Waals surface area contributed by atoms with Crippen molar-refractivity contribution in [2.75, 3.05) is 13.7 Å². The molecule has 0 bridgehead atoms. The molecule has 1 aromatic rings. The largest absolute Gasteiger partial charge is 0.495 e. The average Bonchev–Trinajstić information content (AvgIpc) is 2.48. The highest BCUT2D eigenvalue weighted by Crippen LogP contribution is 2.36. The maximum absolute atomic E-state index is 13.0. The van der Waals surface area contributed by atoms with Gasteiger partial charge in [-0.05, 0) is 25.8 Å². The number of ether oxygens (including phenoxy) is 1. The van der Waals surface area contributed by atoms with Crippen molar-refractivity contribution in [2.45, 2.75) is 43.2 Å². The van der Waals surface area contributed by atoms with Gasteiger partial charge in [-0.25, -0.2) is 8.42 Å². The van der Waals surface area contributed by atoms with Gasteiger partial charge >= 0.3 is 0 Å². The number of methoxy groups -OCH3 is 1. The molecule has 2 atom stereocenters. The minimum Gasteiger partial charge on any atom is -0.495 e. The molecule has 124 valence electrons. The minimum absolute atomic E-state index is 0.00693. The lowest BCUT2D eigenvalue weighted by Gasteiger charge is -2.37. The van der Waals surface area contributed by atoms with Crippen LogP contribution < -0.4 is 10.5 Å². The Kier molecular flexibility index (Phi) is 5.61. The minimum atomic E-state index is -3.75. The van der Waals surface area contributed by atoms with Crippen molar-refractivity contribution in [3.05, 3.63) is 22.2 Å². The second-order valence-electron chi connectivity index (χ2n) is 5.46. The van der Waals surface area contributed by atoms with Crippen LogP contribution in [0.3, 0.4) is 0 Å². The van der Waals surface area contributed by atoms with Gasteiger partial charge < -0.3 is 10.5 Å². The SMILES string of the molecule is COc1cc(Cl)c(S(=O)(=O)N2CCCCC2C(C)N)cc1Cl.